The topological polar surface area (TPSA) is 55.1 Å². The number of nitrogens with two attached hydrogens (primary N) is 1. The lowest BCUT2D eigenvalue weighted by Crippen LogP contribution is -2.32. The van der Waals surface area contributed by atoms with Crippen LogP contribution in [0.2, 0.25) is 0 Å². The van der Waals surface area contributed by atoms with E-state index in [1.165, 1.54) is 5.56 Å². The molecule has 2 rings (SSSR count). The lowest BCUT2D eigenvalue weighted by Gasteiger charge is -2.17. The van der Waals surface area contributed by atoms with Gasteiger partial charge in [-0.05, 0) is 25.8 Å². The third kappa shape index (κ3) is 2.99. The van der Waals surface area contributed by atoms with Gasteiger partial charge in [-0.25, -0.2) is 0 Å². The van der Waals surface area contributed by atoms with Gasteiger partial charge in [-0.1, -0.05) is 42.0 Å². The van der Waals surface area contributed by atoms with Crippen molar-refractivity contribution < 1.29 is 4.79 Å². The Hall–Kier alpha value is -1.61. The van der Waals surface area contributed by atoms with Crippen LogP contribution >= 0.6 is 0 Å². The summed E-state index contributed by atoms with van der Waals surface area (Å²) < 4.78 is 0. The number of nitrogens with one attached hydrogen (secondary N) is 1. The second kappa shape index (κ2) is 5.36. The first-order valence-corrected chi connectivity index (χ1v) is 6.37. The van der Waals surface area contributed by atoms with Crippen LogP contribution in [-0.4, -0.2) is 11.9 Å². The Morgan fingerprint density at radius 3 is 2.56 bits per heavy atom. The summed E-state index contributed by atoms with van der Waals surface area (Å²) in [5.74, 6) is -0.0137. The summed E-state index contributed by atoms with van der Waals surface area (Å²) in [6, 6.07) is 8.28. The largest absolute Gasteiger partial charge is 0.349 e. The quantitative estimate of drug-likeness (QED) is 0.800. The van der Waals surface area contributed by atoms with Gasteiger partial charge in [-0.3, -0.25) is 4.79 Å². The molecule has 0 heterocycles. The van der Waals surface area contributed by atoms with E-state index >= 15 is 0 Å². The van der Waals surface area contributed by atoms with E-state index in [4.69, 9.17) is 5.73 Å². The second-order valence-electron chi connectivity index (χ2n) is 5.03. The Bertz CT molecular complexity index is 450. The third-order valence-corrected chi connectivity index (χ3v) is 3.39. The van der Waals surface area contributed by atoms with Crippen LogP contribution in [0, 0.1) is 12.8 Å². The van der Waals surface area contributed by atoms with Gasteiger partial charge in [0.05, 0.1) is 12.0 Å². The van der Waals surface area contributed by atoms with Gasteiger partial charge in [0.25, 0.3) is 0 Å². The molecule has 3 N–H and O–H groups in total. The zero-order valence-corrected chi connectivity index (χ0v) is 10.9. The summed E-state index contributed by atoms with van der Waals surface area (Å²) >= 11 is 0. The highest BCUT2D eigenvalue weighted by Crippen LogP contribution is 2.19. The Labute approximate surface area is 108 Å². The highest BCUT2D eigenvalue weighted by Gasteiger charge is 2.23. The van der Waals surface area contributed by atoms with Gasteiger partial charge < -0.3 is 11.1 Å². The smallest absolute Gasteiger partial charge is 0.227 e. The minimum absolute atomic E-state index is 0.0235. The van der Waals surface area contributed by atoms with Gasteiger partial charge >= 0.3 is 0 Å². The first-order chi connectivity index (χ1) is 8.56. The molecule has 1 aliphatic rings. The summed E-state index contributed by atoms with van der Waals surface area (Å²) in [5.41, 5.74) is 8.10. The van der Waals surface area contributed by atoms with Crippen LogP contribution in [0.4, 0.5) is 0 Å². The predicted octanol–water partition coefficient (Wildman–Crippen LogP) is 2.08. The molecule has 0 fully saturated rings. The Morgan fingerprint density at radius 1 is 1.33 bits per heavy atom. The first kappa shape index (κ1) is 12.8. The molecule has 1 aliphatic carbocycles. The molecule has 18 heavy (non-hydrogen) atoms. The SMILES string of the molecule is Cc1ccc(C(C)NC(=O)C2C=CC(N)C2)cc1. The maximum absolute atomic E-state index is 12.0. The molecule has 3 unspecified atom stereocenters. The highest BCUT2D eigenvalue weighted by atomic mass is 16.1. The molecule has 3 nitrogen and oxygen atoms in total. The molecule has 0 saturated carbocycles. The molecule has 1 aromatic rings. The van der Waals surface area contributed by atoms with E-state index in [0.29, 0.717) is 6.42 Å². The molecule has 3 atom stereocenters. The van der Waals surface area contributed by atoms with Gasteiger partial charge in [-0.15, -0.1) is 0 Å². The Balaban J connectivity index is 1.95. The van der Waals surface area contributed by atoms with Gasteiger partial charge in [0, 0.05) is 6.04 Å². The van der Waals surface area contributed by atoms with Crippen LogP contribution < -0.4 is 11.1 Å². The van der Waals surface area contributed by atoms with Gasteiger partial charge in [-0.2, -0.15) is 0 Å². The molecule has 1 amide bonds. The van der Waals surface area contributed by atoms with Crippen LogP contribution in [0.5, 0.6) is 0 Å². The number of carbonyl (C=O) groups is 1. The molecule has 0 bridgehead atoms. The van der Waals surface area contributed by atoms with Crippen molar-refractivity contribution in [3.8, 4) is 0 Å². The maximum Gasteiger partial charge on any atom is 0.227 e. The van der Waals surface area contributed by atoms with E-state index in [1.807, 2.05) is 19.1 Å². The van der Waals surface area contributed by atoms with Crippen molar-refractivity contribution >= 4 is 5.91 Å². The van der Waals surface area contributed by atoms with Crippen molar-refractivity contribution in [3.63, 3.8) is 0 Å². The molecular formula is C15H20N2O. The molecule has 0 aliphatic heterocycles. The van der Waals surface area contributed by atoms with Crippen LogP contribution in [0.25, 0.3) is 0 Å². The molecule has 1 aromatic carbocycles. The van der Waals surface area contributed by atoms with E-state index in [-0.39, 0.29) is 23.9 Å². The first-order valence-electron chi connectivity index (χ1n) is 6.37. The third-order valence-electron chi connectivity index (χ3n) is 3.39. The van der Waals surface area contributed by atoms with Crippen LogP contribution in [0.1, 0.15) is 30.5 Å². The second-order valence-corrected chi connectivity index (χ2v) is 5.03. The monoisotopic (exact) mass is 244 g/mol. The van der Waals surface area contributed by atoms with E-state index in [1.54, 1.807) is 0 Å². The zero-order valence-electron chi connectivity index (χ0n) is 10.9. The summed E-state index contributed by atoms with van der Waals surface area (Å²) in [6.45, 7) is 4.05. The molecule has 3 heteroatoms. The summed E-state index contributed by atoms with van der Waals surface area (Å²) in [7, 11) is 0. The summed E-state index contributed by atoms with van der Waals surface area (Å²) in [6.07, 6.45) is 4.52. The van der Waals surface area contributed by atoms with Crippen LogP contribution in [0.3, 0.4) is 0 Å². The lowest BCUT2D eigenvalue weighted by atomic mass is 10.0. The summed E-state index contributed by atoms with van der Waals surface area (Å²) in [4.78, 5) is 12.0. The standard InChI is InChI=1S/C15H20N2O/c1-10-3-5-12(6-4-10)11(2)17-15(18)13-7-8-14(16)9-13/h3-8,11,13-14H,9,16H2,1-2H3,(H,17,18). The van der Waals surface area contributed by atoms with E-state index in [9.17, 15) is 4.79 Å². The molecule has 0 aromatic heterocycles. The van der Waals surface area contributed by atoms with Crippen molar-refractivity contribution in [1.82, 2.24) is 5.32 Å². The predicted molar refractivity (Wildman–Crippen MR) is 73.0 cm³/mol. The lowest BCUT2D eigenvalue weighted by molar-refractivity contribution is -0.124. The molecule has 96 valence electrons. The van der Waals surface area contributed by atoms with Crippen molar-refractivity contribution in [2.45, 2.75) is 32.4 Å². The highest BCUT2D eigenvalue weighted by molar-refractivity contribution is 5.81. The van der Waals surface area contributed by atoms with Gasteiger partial charge in [0.15, 0.2) is 0 Å². The molecule has 0 saturated heterocycles. The van der Waals surface area contributed by atoms with Crippen LogP contribution in [0.15, 0.2) is 36.4 Å². The number of rotatable bonds is 3. The van der Waals surface area contributed by atoms with Crippen molar-refractivity contribution in [3.05, 3.63) is 47.5 Å². The number of hydrogen-bond acceptors (Lipinski definition) is 2. The Morgan fingerprint density at radius 2 is 2.00 bits per heavy atom. The maximum atomic E-state index is 12.0. The van der Waals surface area contributed by atoms with E-state index in [0.717, 1.165) is 5.56 Å². The van der Waals surface area contributed by atoms with E-state index in [2.05, 4.69) is 36.5 Å². The minimum Gasteiger partial charge on any atom is -0.349 e. The van der Waals surface area contributed by atoms with E-state index < -0.39 is 0 Å². The van der Waals surface area contributed by atoms with Crippen molar-refractivity contribution in [1.29, 1.82) is 0 Å². The average molecular weight is 244 g/mol. The van der Waals surface area contributed by atoms with Gasteiger partial charge in [0.1, 0.15) is 0 Å². The fourth-order valence-corrected chi connectivity index (χ4v) is 2.18. The van der Waals surface area contributed by atoms with Crippen molar-refractivity contribution in [2.24, 2.45) is 11.7 Å². The molecule has 0 radical (unpaired) electrons. The minimum atomic E-state index is -0.0760. The van der Waals surface area contributed by atoms with Crippen LogP contribution in [-0.2, 0) is 4.79 Å². The number of benzene rings is 1. The fraction of sp³-hybridized carbons (Fsp3) is 0.400. The molecule has 0 spiro atoms. The number of amides is 1. The normalized spacial score (nSPS) is 23.9. The average Bonchev–Trinajstić information content (AvgIpc) is 2.76. The van der Waals surface area contributed by atoms with Gasteiger partial charge in [0.2, 0.25) is 5.91 Å². The zero-order chi connectivity index (χ0) is 13.1. The number of carbonyl (C=O) groups excluding carboxylic acids is 1. The number of hydrogen-bond donors (Lipinski definition) is 2. The Kier molecular flexibility index (Phi) is 3.82. The molecular weight excluding hydrogens is 224 g/mol. The number of aryl methyl sites for hydroxylation is 1. The fourth-order valence-electron chi connectivity index (χ4n) is 2.18. The van der Waals surface area contributed by atoms with Crippen molar-refractivity contribution in [2.75, 3.05) is 0 Å². The summed E-state index contributed by atoms with van der Waals surface area (Å²) in [5, 5.41) is 3.03.